The van der Waals surface area contributed by atoms with Crippen LogP contribution in [0.1, 0.15) is 5.69 Å². The second-order valence-corrected chi connectivity index (χ2v) is 5.85. The second kappa shape index (κ2) is 6.66. The molecule has 5 heteroatoms. The number of hydrogen-bond donors (Lipinski definition) is 0. The van der Waals surface area contributed by atoms with Crippen molar-refractivity contribution in [2.24, 2.45) is 0 Å². The van der Waals surface area contributed by atoms with E-state index < -0.39 is 0 Å². The van der Waals surface area contributed by atoms with E-state index in [1.165, 1.54) is 12.1 Å². The number of halogens is 1. The van der Waals surface area contributed by atoms with Crippen molar-refractivity contribution in [3.63, 3.8) is 0 Å². The molecular formula is C17H16FN3S. The highest BCUT2D eigenvalue weighted by Crippen LogP contribution is 2.27. The Hall–Kier alpha value is -2.27. The van der Waals surface area contributed by atoms with Gasteiger partial charge in [-0.05, 0) is 36.4 Å². The van der Waals surface area contributed by atoms with Crippen LogP contribution in [0.25, 0.3) is 11.3 Å². The molecule has 0 spiro atoms. The number of hydrogen-bond acceptors (Lipinski definition) is 4. The van der Waals surface area contributed by atoms with Crippen LogP contribution in [0.15, 0.2) is 54.0 Å². The Balaban J connectivity index is 1.66. The van der Waals surface area contributed by atoms with Crippen LogP contribution in [-0.2, 0) is 6.42 Å². The predicted octanol–water partition coefficient (Wildman–Crippen LogP) is 4.02. The number of anilines is 1. The Labute approximate surface area is 133 Å². The summed E-state index contributed by atoms with van der Waals surface area (Å²) in [5.41, 5.74) is 2.89. The number of rotatable bonds is 5. The van der Waals surface area contributed by atoms with Gasteiger partial charge in [0.15, 0.2) is 5.13 Å². The number of nitrogens with zero attached hydrogens (tertiary/aromatic N) is 3. The highest BCUT2D eigenvalue weighted by atomic mass is 32.1. The van der Waals surface area contributed by atoms with Crippen molar-refractivity contribution in [2.45, 2.75) is 6.42 Å². The van der Waals surface area contributed by atoms with Gasteiger partial charge in [0.2, 0.25) is 0 Å². The summed E-state index contributed by atoms with van der Waals surface area (Å²) in [6, 6.07) is 12.4. The monoisotopic (exact) mass is 313 g/mol. The number of aromatic nitrogens is 2. The first kappa shape index (κ1) is 14.7. The van der Waals surface area contributed by atoms with E-state index in [0.717, 1.165) is 35.0 Å². The molecule has 112 valence electrons. The van der Waals surface area contributed by atoms with Crippen molar-refractivity contribution in [3.8, 4) is 11.3 Å². The Morgan fingerprint density at radius 3 is 2.68 bits per heavy atom. The van der Waals surface area contributed by atoms with Gasteiger partial charge >= 0.3 is 0 Å². The first-order valence-corrected chi connectivity index (χ1v) is 7.93. The Kier molecular flexibility index (Phi) is 4.44. The first-order valence-electron chi connectivity index (χ1n) is 7.05. The molecule has 0 unspecified atom stereocenters. The molecule has 0 saturated carbocycles. The lowest BCUT2D eigenvalue weighted by atomic mass is 10.2. The molecule has 1 aromatic carbocycles. The van der Waals surface area contributed by atoms with Gasteiger partial charge in [-0.15, -0.1) is 11.3 Å². The molecule has 0 amide bonds. The van der Waals surface area contributed by atoms with Gasteiger partial charge in [-0.1, -0.05) is 6.07 Å². The minimum atomic E-state index is -0.230. The molecule has 22 heavy (non-hydrogen) atoms. The Morgan fingerprint density at radius 2 is 1.95 bits per heavy atom. The fourth-order valence-electron chi connectivity index (χ4n) is 2.12. The Bertz CT molecular complexity index is 725. The SMILES string of the molecule is CN(CCc1ccccn1)c1nc(-c2ccc(F)cc2)cs1. The molecular weight excluding hydrogens is 297 g/mol. The highest BCUT2D eigenvalue weighted by Gasteiger charge is 2.09. The van der Waals surface area contributed by atoms with Crippen LogP contribution < -0.4 is 4.90 Å². The van der Waals surface area contributed by atoms with Crippen LogP contribution in [0.4, 0.5) is 9.52 Å². The quantitative estimate of drug-likeness (QED) is 0.712. The molecule has 0 aliphatic rings. The van der Waals surface area contributed by atoms with E-state index in [-0.39, 0.29) is 5.82 Å². The average Bonchev–Trinajstić information content (AvgIpc) is 3.04. The van der Waals surface area contributed by atoms with Crippen molar-refractivity contribution in [1.29, 1.82) is 0 Å². The van der Waals surface area contributed by atoms with E-state index >= 15 is 0 Å². The van der Waals surface area contributed by atoms with Crippen LogP contribution in [0.2, 0.25) is 0 Å². The maximum absolute atomic E-state index is 13.0. The summed E-state index contributed by atoms with van der Waals surface area (Å²) < 4.78 is 13.0. The molecule has 3 aromatic rings. The normalized spacial score (nSPS) is 10.6. The first-order chi connectivity index (χ1) is 10.7. The standard InChI is InChI=1S/C17H16FN3S/c1-21(11-9-15-4-2-3-10-19-15)17-20-16(12-22-17)13-5-7-14(18)8-6-13/h2-8,10,12H,9,11H2,1H3. The third kappa shape index (κ3) is 3.49. The lowest BCUT2D eigenvalue weighted by Crippen LogP contribution is -2.20. The molecule has 0 aliphatic heterocycles. The van der Waals surface area contributed by atoms with Gasteiger partial charge in [0.05, 0.1) is 5.69 Å². The maximum atomic E-state index is 13.0. The number of likely N-dealkylation sites (N-methyl/N-ethyl adjacent to an activating group) is 1. The summed E-state index contributed by atoms with van der Waals surface area (Å²) >= 11 is 1.59. The van der Waals surface area contributed by atoms with Gasteiger partial charge in [-0.3, -0.25) is 4.98 Å². The number of benzene rings is 1. The molecule has 0 aliphatic carbocycles. The second-order valence-electron chi connectivity index (χ2n) is 5.01. The zero-order valence-corrected chi connectivity index (χ0v) is 13.1. The van der Waals surface area contributed by atoms with Crippen LogP contribution in [0, 0.1) is 5.82 Å². The zero-order valence-electron chi connectivity index (χ0n) is 12.2. The molecule has 3 rings (SSSR count). The average molecular weight is 313 g/mol. The van der Waals surface area contributed by atoms with Crippen molar-refractivity contribution in [2.75, 3.05) is 18.5 Å². The summed E-state index contributed by atoms with van der Waals surface area (Å²) in [6.07, 6.45) is 2.69. The largest absolute Gasteiger partial charge is 0.351 e. The van der Waals surface area contributed by atoms with Gasteiger partial charge in [-0.2, -0.15) is 0 Å². The molecule has 0 saturated heterocycles. The van der Waals surface area contributed by atoms with Gasteiger partial charge < -0.3 is 4.90 Å². The van der Waals surface area contributed by atoms with Gasteiger partial charge in [-0.25, -0.2) is 9.37 Å². The fraction of sp³-hybridized carbons (Fsp3) is 0.176. The van der Waals surface area contributed by atoms with Crippen LogP contribution in [0.5, 0.6) is 0 Å². The molecule has 0 bridgehead atoms. The van der Waals surface area contributed by atoms with Crippen molar-refractivity contribution in [3.05, 3.63) is 65.6 Å². The summed E-state index contributed by atoms with van der Waals surface area (Å²) in [5, 5.41) is 2.95. The van der Waals surface area contributed by atoms with Crippen LogP contribution >= 0.6 is 11.3 Å². The smallest absolute Gasteiger partial charge is 0.185 e. The number of thiazole rings is 1. The third-order valence-corrected chi connectivity index (χ3v) is 4.34. The third-order valence-electron chi connectivity index (χ3n) is 3.39. The number of pyridine rings is 1. The summed E-state index contributed by atoms with van der Waals surface area (Å²) in [7, 11) is 2.02. The predicted molar refractivity (Wildman–Crippen MR) is 88.7 cm³/mol. The van der Waals surface area contributed by atoms with E-state index in [1.807, 2.05) is 36.8 Å². The van der Waals surface area contributed by atoms with Crippen molar-refractivity contribution >= 4 is 16.5 Å². The summed E-state index contributed by atoms with van der Waals surface area (Å²) in [4.78, 5) is 11.1. The molecule has 0 N–H and O–H groups in total. The fourth-order valence-corrected chi connectivity index (χ4v) is 2.94. The molecule has 3 nitrogen and oxygen atoms in total. The summed E-state index contributed by atoms with van der Waals surface area (Å²) in [5.74, 6) is -0.230. The minimum Gasteiger partial charge on any atom is -0.351 e. The Morgan fingerprint density at radius 1 is 1.14 bits per heavy atom. The van der Waals surface area contributed by atoms with E-state index in [9.17, 15) is 4.39 Å². The molecule has 0 fully saturated rings. The maximum Gasteiger partial charge on any atom is 0.185 e. The lowest BCUT2D eigenvalue weighted by molar-refractivity contribution is 0.628. The topological polar surface area (TPSA) is 29.0 Å². The highest BCUT2D eigenvalue weighted by molar-refractivity contribution is 7.14. The van der Waals surface area contributed by atoms with Gasteiger partial charge in [0, 0.05) is 42.8 Å². The van der Waals surface area contributed by atoms with Crippen molar-refractivity contribution < 1.29 is 4.39 Å². The van der Waals surface area contributed by atoms with Crippen molar-refractivity contribution in [1.82, 2.24) is 9.97 Å². The van der Waals surface area contributed by atoms with E-state index in [2.05, 4.69) is 14.9 Å². The van der Waals surface area contributed by atoms with E-state index in [1.54, 1.807) is 23.5 Å². The molecule has 2 aromatic heterocycles. The van der Waals surface area contributed by atoms with Gasteiger partial charge in [0.25, 0.3) is 0 Å². The lowest BCUT2D eigenvalue weighted by Gasteiger charge is -2.15. The van der Waals surface area contributed by atoms with Crippen LogP contribution in [-0.4, -0.2) is 23.6 Å². The van der Waals surface area contributed by atoms with Crippen LogP contribution in [0.3, 0.4) is 0 Å². The molecule has 2 heterocycles. The molecule has 0 atom stereocenters. The summed E-state index contributed by atoms with van der Waals surface area (Å²) in [6.45, 7) is 0.855. The van der Waals surface area contributed by atoms with E-state index in [4.69, 9.17) is 0 Å². The zero-order chi connectivity index (χ0) is 15.4. The minimum absolute atomic E-state index is 0.230. The van der Waals surface area contributed by atoms with E-state index in [0.29, 0.717) is 0 Å². The molecule has 0 radical (unpaired) electrons. The van der Waals surface area contributed by atoms with Gasteiger partial charge in [0.1, 0.15) is 5.82 Å².